The fourth-order valence-electron chi connectivity index (χ4n) is 1.46. The minimum Gasteiger partial charge on any atom is -0.307 e. The number of anilines is 2. The lowest BCUT2D eigenvalue weighted by Gasteiger charge is -2.10. The molecule has 19 heavy (non-hydrogen) atoms. The van der Waals surface area contributed by atoms with Crippen LogP contribution in [0.15, 0.2) is 47.4 Å². The summed E-state index contributed by atoms with van der Waals surface area (Å²) in [4.78, 5) is 12.5. The molecule has 0 aliphatic rings. The summed E-state index contributed by atoms with van der Waals surface area (Å²) in [6, 6.07) is 11.8. The minimum atomic E-state index is -0.411. The van der Waals surface area contributed by atoms with Gasteiger partial charge in [0.1, 0.15) is 0 Å². The van der Waals surface area contributed by atoms with Crippen LogP contribution < -0.4 is 10.6 Å². The second-order valence-electron chi connectivity index (χ2n) is 3.70. The maximum absolute atomic E-state index is 11.8. The number of carbonyl (C=O) groups excluding carboxylic acids is 1. The Balaban J connectivity index is 2.10. The van der Waals surface area contributed by atoms with Gasteiger partial charge in [-0.05, 0) is 24.3 Å². The van der Waals surface area contributed by atoms with Crippen molar-refractivity contribution in [2.75, 3.05) is 10.6 Å². The van der Waals surface area contributed by atoms with Gasteiger partial charge in [0.05, 0.1) is 21.4 Å². The summed E-state index contributed by atoms with van der Waals surface area (Å²) in [5.74, 6) is 0. The van der Waals surface area contributed by atoms with E-state index in [0.717, 1.165) is 0 Å². The molecule has 0 radical (unpaired) electrons. The van der Waals surface area contributed by atoms with Crippen molar-refractivity contribution >= 4 is 53.2 Å². The molecule has 0 aliphatic heterocycles. The summed E-state index contributed by atoms with van der Waals surface area (Å²) in [6.45, 7) is 0. The number of para-hydroxylation sites is 1. The molecule has 2 amide bonds. The van der Waals surface area contributed by atoms with Crippen LogP contribution in [0.5, 0.6) is 0 Å². The van der Waals surface area contributed by atoms with Crippen LogP contribution in [0.3, 0.4) is 0 Å². The molecular formula is C13H10Cl2N2OS. The van der Waals surface area contributed by atoms with Gasteiger partial charge in [0, 0.05) is 4.90 Å². The van der Waals surface area contributed by atoms with E-state index in [1.54, 1.807) is 30.3 Å². The largest absolute Gasteiger partial charge is 0.323 e. The van der Waals surface area contributed by atoms with Crippen LogP contribution in [0.25, 0.3) is 0 Å². The Kier molecular flexibility index (Phi) is 4.58. The highest BCUT2D eigenvalue weighted by atomic mass is 35.5. The van der Waals surface area contributed by atoms with Crippen molar-refractivity contribution in [2.24, 2.45) is 0 Å². The first-order chi connectivity index (χ1) is 9.08. The Hall–Kier alpha value is -1.36. The van der Waals surface area contributed by atoms with E-state index in [9.17, 15) is 4.79 Å². The molecule has 2 N–H and O–H groups in total. The van der Waals surface area contributed by atoms with E-state index >= 15 is 0 Å². The van der Waals surface area contributed by atoms with Gasteiger partial charge < -0.3 is 10.6 Å². The zero-order valence-electron chi connectivity index (χ0n) is 9.65. The van der Waals surface area contributed by atoms with Crippen LogP contribution in [0.2, 0.25) is 10.0 Å². The quantitative estimate of drug-likeness (QED) is 0.676. The molecule has 0 saturated carbocycles. The van der Waals surface area contributed by atoms with Crippen molar-refractivity contribution in [1.82, 2.24) is 0 Å². The monoisotopic (exact) mass is 312 g/mol. The molecule has 0 aliphatic carbocycles. The van der Waals surface area contributed by atoms with Crippen LogP contribution in [-0.2, 0) is 0 Å². The molecule has 2 aromatic rings. The lowest BCUT2D eigenvalue weighted by molar-refractivity contribution is 0.262. The lowest BCUT2D eigenvalue weighted by atomic mass is 10.3. The Morgan fingerprint density at radius 1 is 0.947 bits per heavy atom. The van der Waals surface area contributed by atoms with E-state index in [1.165, 1.54) is 0 Å². The third kappa shape index (κ3) is 3.56. The number of halogens is 2. The summed E-state index contributed by atoms with van der Waals surface area (Å²) < 4.78 is 0. The topological polar surface area (TPSA) is 41.1 Å². The van der Waals surface area contributed by atoms with Crippen LogP contribution in [0.1, 0.15) is 0 Å². The molecular weight excluding hydrogens is 303 g/mol. The summed E-state index contributed by atoms with van der Waals surface area (Å²) in [6.07, 6.45) is 0. The zero-order valence-corrected chi connectivity index (χ0v) is 12.1. The molecule has 0 fully saturated rings. The number of hydrogen-bond acceptors (Lipinski definition) is 2. The van der Waals surface area contributed by atoms with E-state index in [4.69, 9.17) is 23.2 Å². The van der Waals surface area contributed by atoms with Crippen molar-refractivity contribution in [3.63, 3.8) is 0 Å². The molecule has 2 aromatic carbocycles. The maximum atomic E-state index is 11.8. The van der Waals surface area contributed by atoms with Crippen molar-refractivity contribution in [1.29, 1.82) is 0 Å². The maximum Gasteiger partial charge on any atom is 0.323 e. The van der Waals surface area contributed by atoms with Gasteiger partial charge in [0.2, 0.25) is 0 Å². The van der Waals surface area contributed by atoms with Gasteiger partial charge in [-0.15, -0.1) is 12.6 Å². The van der Waals surface area contributed by atoms with Crippen LogP contribution in [0, 0.1) is 0 Å². The molecule has 0 heterocycles. The smallest absolute Gasteiger partial charge is 0.307 e. The van der Waals surface area contributed by atoms with E-state index in [-0.39, 0.29) is 0 Å². The molecule has 2 rings (SSSR count). The van der Waals surface area contributed by atoms with Crippen molar-refractivity contribution in [3.05, 3.63) is 52.5 Å². The molecule has 0 saturated heterocycles. The number of carbonyl (C=O) groups is 1. The van der Waals surface area contributed by atoms with Gasteiger partial charge in [-0.25, -0.2) is 4.79 Å². The van der Waals surface area contributed by atoms with Crippen molar-refractivity contribution in [2.45, 2.75) is 4.90 Å². The van der Waals surface area contributed by atoms with E-state index in [2.05, 4.69) is 23.3 Å². The summed E-state index contributed by atoms with van der Waals surface area (Å²) in [5, 5.41) is 5.99. The van der Waals surface area contributed by atoms with Gasteiger partial charge in [-0.1, -0.05) is 41.4 Å². The number of nitrogens with one attached hydrogen (secondary N) is 2. The highest BCUT2D eigenvalue weighted by molar-refractivity contribution is 7.80. The number of thiol groups is 1. The predicted octanol–water partition coefficient (Wildman–Crippen LogP) is 4.93. The average Bonchev–Trinajstić information content (AvgIpc) is 2.38. The summed E-state index contributed by atoms with van der Waals surface area (Å²) in [5.41, 5.74) is 1.06. The fraction of sp³-hybridized carbons (Fsp3) is 0. The molecule has 0 unspecified atom stereocenters. The third-order valence-corrected chi connectivity index (χ3v) is 3.56. The molecule has 3 nitrogen and oxygen atoms in total. The van der Waals surface area contributed by atoms with E-state index < -0.39 is 6.03 Å². The van der Waals surface area contributed by atoms with Gasteiger partial charge in [0.25, 0.3) is 0 Å². The molecule has 6 heteroatoms. The van der Waals surface area contributed by atoms with Gasteiger partial charge in [-0.3, -0.25) is 0 Å². The van der Waals surface area contributed by atoms with Crippen LogP contribution >= 0.6 is 35.8 Å². The molecule has 98 valence electrons. The van der Waals surface area contributed by atoms with Gasteiger partial charge >= 0.3 is 6.03 Å². The first-order valence-electron chi connectivity index (χ1n) is 5.38. The zero-order chi connectivity index (χ0) is 13.8. The van der Waals surface area contributed by atoms with Crippen LogP contribution in [-0.4, -0.2) is 6.03 Å². The molecule has 0 bridgehead atoms. The first-order valence-corrected chi connectivity index (χ1v) is 6.58. The Morgan fingerprint density at radius 2 is 1.58 bits per heavy atom. The Bertz CT molecular complexity index is 619. The fourth-order valence-corrected chi connectivity index (χ4v) is 2.02. The lowest BCUT2D eigenvalue weighted by Crippen LogP contribution is -2.19. The van der Waals surface area contributed by atoms with Crippen LogP contribution in [0.4, 0.5) is 16.2 Å². The van der Waals surface area contributed by atoms with Crippen molar-refractivity contribution < 1.29 is 4.79 Å². The minimum absolute atomic E-state index is 0.304. The standard InChI is InChI=1S/C13H10Cl2N2OS/c14-8-4-3-6-10(12(8)15)17-13(18)16-9-5-1-2-7-11(9)19/h1-7,19H,(H2,16,17,18). The summed E-state index contributed by atoms with van der Waals surface area (Å²) in [7, 11) is 0. The summed E-state index contributed by atoms with van der Waals surface area (Å²) >= 11 is 16.1. The first kappa shape index (κ1) is 14.1. The Morgan fingerprint density at radius 3 is 2.32 bits per heavy atom. The number of urea groups is 1. The van der Waals surface area contributed by atoms with E-state index in [0.29, 0.717) is 26.3 Å². The van der Waals surface area contributed by atoms with Crippen molar-refractivity contribution in [3.8, 4) is 0 Å². The molecule has 0 spiro atoms. The molecule has 0 atom stereocenters. The third-order valence-electron chi connectivity index (χ3n) is 2.35. The number of amides is 2. The average molecular weight is 313 g/mol. The second-order valence-corrected chi connectivity index (χ2v) is 4.96. The van der Waals surface area contributed by atoms with Gasteiger partial charge in [-0.2, -0.15) is 0 Å². The van der Waals surface area contributed by atoms with E-state index in [1.807, 2.05) is 12.1 Å². The Labute approximate surface area is 126 Å². The highest BCUT2D eigenvalue weighted by Crippen LogP contribution is 2.29. The normalized spacial score (nSPS) is 10.1. The molecule has 0 aromatic heterocycles. The highest BCUT2D eigenvalue weighted by Gasteiger charge is 2.09. The number of hydrogen-bond donors (Lipinski definition) is 3. The second kappa shape index (κ2) is 6.19. The number of rotatable bonds is 2. The predicted molar refractivity (Wildman–Crippen MR) is 82.8 cm³/mol. The number of benzene rings is 2. The van der Waals surface area contributed by atoms with Gasteiger partial charge in [0.15, 0.2) is 0 Å². The SMILES string of the molecule is O=C(Nc1ccccc1S)Nc1cccc(Cl)c1Cl.